The molecule has 1 saturated heterocycles. The first-order valence-electron chi connectivity index (χ1n) is 9.24. The monoisotopic (exact) mass is 386 g/mol. The number of methoxy groups -OCH3 is 1. The summed E-state index contributed by atoms with van der Waals surface area (Å²) < 4.78 is 4.98. The molecule has 0 bridgehead atoms. The number of benzene rings is 1. The highest BCUT2D eigenvalue weighted by Gasteiger charge is 2.26. The number of rotatable bonds is 7. The van der Waals surface area contributed by atoms with E-state index >= 15 is 0 Å². The number of aryl methyl sites for hydroxylation is 1. The van der Waals surface area contributed by atoms with E-state index in [0.717, 1.165) is 41.7 Å². The number of hydrogen-bond donors (Lipinski definition) is 1. The summed E-state index contributed by atoms with van der Waals surface area (Å²) in [7, 11) is 1.64. The van der Waals surface area contributed by atoms with Crippen LogP contribution in [0.25, 0.3) is 0 Å². The second kappa shape index (κ2) is 9.71. The Morgan fingerprint density at radius 2 is 1.93 bits per heavy atom. The minimum absolute atomic E-state index is 0.0583. The van der Waals surface area contributed by atoms with Gasteiger partial charge in [-0.05, 0) is 31.9 Å². The van der Waals surface area contributed by atoms with Crippen LogP contribution in [0.2, 0.25) is 0 Å². The molecule has 6 nitrogen and oxygen atoms in total. The highest BCUT2D eigenvalue weighted by atomic mass is 32.2. The zero-order valence-electron chi connectivity index (χ0n) is 15.9. The van der Waals surface area contributed by atoms with E-state index in [2.05, 4.69) is 51.4 Å². The summed E-state index contributed by atoms with van der Waals surface area (Å²) in [6.45, 7) is 4.81. The van der Waals surface area contributed by atoms with Crippen molar-refractivity contribution < 1.29 is 9.53 Å². The van der Waals surface area contributed by atoms with Gasteiger partial charge < -0.3 is 15.0 Å². The molecule has 7 heteroatoms. The Labute approximate surface area is 164 Å². The van der Waals surface area contributed by atoms with E-state index in [1.807, 2.05) is 0 Å². The van der Waals surface area contributed by atoms with Gasteiger partial charge in [0.1, 0.15) is 5.03 Å². The summed E-state index contributed by atoms with van der Waals surface area (Å²) in [5, 5.41) is 3.85. The number of anilines is 1. The first-order chi connectivity index (χ1) is 13.2. The smallest absolute Gasteiger partial charge is 0.223 e. The molecule has 1 N–H and O–H groups in total. The van der Waals surface area contributed by atoms with Crippen molar-refractivity contribution in [1.82, 2.24) is 15.3 Å². The summed E-state index contributed by atoms with van der Waals surface area (Å²) in [6, 6.07) is 8.42. The summed E-state index contributed by atoms with van der Waals surface area (Å²) >= 11 is 1.63. The molecule has 27 heavy (non-hydrogen) atoms. The van der Waals surface area contributed by atoms with Crippen LogP contribution in [-0.2, 0) is 9.53 Å². The van der Waals surface area contributed by atoms with Gasteiger partial charge in [-0.25, -0.2) is 9.97 Å². The van der Waals surface area contributed by atoms with Crippen LogP contribution in [0.1, 0.15) is 18.4 Å². The fourth-order valence-electron chi connectivity index (χ4n) is 3.10. The molecule has 2 heterocycles. The lowest BCUT2D eigenvalue weighted by atomic mass is 9.96. The fraction of sp³-hybridized carbons (Fsp3) is 0.450. The molecule has 0 atom stereocenters. The third kappa shape index (κ3) is 5.43. The van der Waals surface area contributed by atoms with E-state index in [1.165, 1.54) is 5.56 Å². The van der Waals surface area contributed by atoms with E-state index in [4.69, 9.17) is 4.74 Å². The molecule has 3 rings (SSSR count). The van der Waals surface area contributed by atoms with Crippen molar-refractivity contribution in [3.05, 3.63) is 42.2 Å². The molecule has 0 spiro atoms. The normalized spacial score (nSPS) is 15.0. The zero-order valence-corrected chi connectivity index (χ0v) is 16.7. The Morgan fingerprint density at radius 1 is 1.22 bits per heavy atom. The van der Waals surface area contributed by atoms with Crippen LogP contribution in [0.3, 0.4) is 0 Å². The third-order valence-electron chi connectivity index (χ3n) is 4.65. The van der Waals surface area contributed by atoms with Gasteiger partial charge in [0.15, 0.2) is 5.82 Å². The summed E-state index contributed by atoms with van der Waals surface area (Å²) in [4.78, 5) is 24.7. The lowest BCUT2D eigenvalue weighted by Gasteiger charge is -2.32. The Balaban J connectivity index is 1.61. The van der Waals surface area contributed by atoms with Gasteiger partial charge in [0.05, 0.1) is 6.61 Å². The minimum Gasteiger partial charge on any atom is -0.383 e. The largest absolute Gasteiger partial charge is 0.383 e. The standard InChI is InChI=1S/C20H26N4O2S/c1-15-3-5-17(6-4-15)27-20-18(21-9-10-23-20)24-12-7-16(8-13-24)19(25)22-11-14-26-2/h3-6,9-10,16H,7-8,11-14H2,1-2H3,(H,22,25). The molecule has 1 aliphatic heterocycles. The Hall–Kier alpha value is -2.12. The van der Waals surface area contributed by atoms with Crippen LogP contribution < -0.4 is 10.2 Å². The van der Waals surface area contributed by atoms with Crippen LogP contribution in [0.15, 0.2) is 46.6 Å². The number of piperidine rings is 1. The molecular formula is C20H26N4O2S. The highest BCUT2D eigenvalue weighted by molar-refractivity contribution is 7.99. The maximum atomic E-state index is 12.2. The third-order valence-corrected chi connectivity index (χ3v) is 5.64. The molecule has 0 unspecified atom stereocenters. The Kier molecular flexibility index (Phi) is 7.06. The molecule has 2 aromatic rings. The minimum atomic E-state index is 0.0583. The number of nitrogens with one attached hydrogen (secondary N) is 1. The van der Waals surface area contributed by atoms with Crippen LogP contribution in [0, 0.1) is 12.8 Å². The van der Waals surface area contributed by atoms with Crippen molar-refractivity contribution in [2.75, 3.05) is 38.3 Å². The first kappa shape index (κ1) is 19.6. The van der Waals surface area contributed by atoms with Gasteiger partial charge >= 0.3 is 0 Å². The number of hydrogen-bond acceptors (Lipinski definition) is 6. The van der Waals surface area contributed by atoms with E-state index in [1.54, 1.807) is 31.3 Å². The maximum Gasteiger partial charge on any atom is 0.223 e. The van der Waals surface area contributed by atoms with E-state index in [9.17, 15) is 4.79 Å². The van der Waals surface area contributed by atoms with Gasteiger partial charge in [0.25, 0.3) is 0 Å². The molecule has 144 valence electrons. The predicted molar refractivity (Wildman–Crippen MR) is 107 cm³/mol. The van der Waals surface area contributed by atoms with Gasteiger partial charge in [0, 0.05) is 50.0 Å². The molecule has 0 radical (unpaired) electrons. The lowest BCUT2D eigenvalue weighted by molar-refractivity contribution is -0.125. The van der Waals surface area contributed by atoms with Gasteiger partial charge in [0.2, 0.25) is 5.91 Å². The first-order valence-corrected chi connectivity index (χ1v) is 10.1. The van der Waals surface area contributed by atoms with Crippen LogP contribution in [0.4, 0.5) is 5.82 Å². The molecule has 0 aliphatic carbocycles. The van der Waals surface area contributed by atoms with Gasteiger partial charge in [-0.3, -0.25) is 4.79 Å². The summed E-state index contributed by atoms with van der Waals surface area (Å²) in [6.07, 6.45) is 5.11. The second-order valence-electron chi connectivity index (χ2n) is 6.65. The SMILES string of the molecule is COCCNC(=O)C1CCN(c2nccnc2Sc2ccc(C)cc2)CC1. The van der Waals surface area contributed by atoms with E-state index in [-0.39, 0.29) is 11.8 Å². The number of aromatic nitrogens is 2. The summed E-state index contributed by atoms with van der Waals surface area (Å²) in [5.41, 5.74) is 1.24. The number of ether oxygens (including phenoxy) is 1. The molecule has 1 aliphatic rings. The Morgan fingerprint density at radius 3 is 2.63 bits per heavy atom. The topological polar surface area (TPSA) is 67.3 Å². The van der Waals surface area contributed by atoms with Crippen LogP contribution in [0.5, 0.6) is 0 Å². The van der Waals surface area contributed by atoms with Gasteiger partial charge in [-0.15, -0.1) is 0 Å². The van der Waals surface area contributed by atoms with Crippen molar-refractivity contribution in [3.8, 4) is 0 Å². The number of amides is 1. The molecular weight excluding hydrogens is 360 g/mol. The number of carbonyl (C=O) groups excluding carboxylic acids is 1. The molecule has 1 fully saturated rings. The van der Waals surface area contributed by atoms with Crippen molar-refractivity contribution in [1.29, 1.82) is 0 Å². The highest BCUT2D eigenvalue weighted by Crippen LogP contribution is 2.33. The zero-order chi connectivity index (χ0) is 19.1. The average molecular weight is 387 g/mol. The molecule has 1 aromatic heterocycles. The van der Waals surface area contributed by atoms with Gasteiger partial charge in [-0.2, -0.15) is 0 Å². The molecule has 0 saturated carbocycles. The summed E-state index contributed by atoms with van der Waals surface area (Å²) in [5.74, 6) is 1.09. The molecule has 1 aromatic carbocycles. The average Bonchev–Trinajstić information content (AvgIpc) is 2.70. The van der Waals surface area contributed by atoms with Crippen LogP contribution >= 0.6 is 11.8 Å². The van der Waals surface area contributed by atoms with Crippen molar-refractivity contribution in [2.45, 2.75) is 29.7 Å². The van der Waals surface area contributed by atoms with Crippen molar-refractivity contribution in [2.24, 2.45) is 5.92 Å². The molecule has 1 amide bonds. The second-order valence-corrected chi connectivity index (χ2v) is 7.71. The maximum absolute atomic E-state index is 12.2. The quantitative estimate of drug-likeness (QED) is 0.738. The fourth-order valence-corrected chi connectivity index (χ4v) is 3.98. The van der Waals surface area contributed by atoms with Crippen molar-refractivity contribution in [3.63, 3.8) is 0 Å². The Bertz CT molecular complexity index is 746. The number of nitrogens with zero attached hydrogens (tertiary/aromatic N) is 3. The lowest BCUT2D eigenvalue weighted by Crippen LogP contribution is -2.41. The van der Waals surface area contributed by atoms with Crippen LogP contribution in [-0.4, -0.2) is 49.2 Å². The predicted octanol–water partition coefficient (Wildman–Crippen LogP) is 2.92. The number of carbonyl (C=O) groups is 1. The van der Waals surface area contributed by atoms with E-state index in [0.29, 0.717) is 13.2 Å². The van der Waals surface area contributed by atoms with Crippen molar-refractivity contribution >= 4 is 23.5 Å². The van der Waals surface area contributed by atoms with E-state index < -0.39 is 0 Å². The van der Waals surface area contributed by atoms with Gasteiger partial charge in [-0.1, -0.05) is 29.5 Å².